The quantitative estimate of drug-likeness (QED) is 0.841. The average molecular weight is 346 g/mol. The zero-order chi connectivity index (χ0) is 13.0. The van der Waals surface area contributed by atoms with Gasteiger partial charge in [0.05, 0.1) is 10.9 Å². The van der Waals surface area contributed by atoms with Gasteiger partial charge in [0.1, 0.15) is 6.04 Å². The van der Waals surface area contributed by atoms with E-state index in [2.05, 4.69) is 21.2 Å². The molecule has 0 aromatic carbocycles. The van der Waals surface area contributed by atoms with Crippen LogP contribution in [0.1, 0.15) is 15.8 Å². The van der Waals surface area contributed by atoms with Crippen molar-refractivity contribution < 1.29 is 9.53 Å². The number of carbonyl (C=O) groups is 1. The molecule has 18 heavy (non-hydrogen) atoms. The van der Waals surface area contributed by atoms with E-state index < -0.39 is 6.04 Å². The van der Waals surface area contributed by atoms with Gasteiger partial charge in [-0.3, -0.25) is 5.32 Å². The molecule has 2 aromatic rings. The second kappa shape index (κ2) is 6.47. The van der Waals surface area contributed by atoms with Crippen LogP contribution in [-0.2, 0) is 16.1 Å². The molecule has 0 aliphatic rings. The topological polar surface area (TPSA) is 38.3 Å². The van der Waals surface area contributed by atoms with Crippen molar-refractivity contribution in [2.24, 2.45) is 0 Å². The lowest BCUT2D eigenvalue weighted by Gasteiger charge is -2.14. The maximum atomic E-state index is 11.8. The van der Waals surface area contributed by atoms with E-state index in [9.17, 15) is 4.79 Å². The second-order valence-corrected chi connectivity index (χ2v) is 7.09. The van der Waals surface area contributed by atoms with Gasteiger partial charge in [-0.2, -0.15) is 0 Å². The third-order valence-electron chi connectivity index (χ3n) is 2.38. The molecule has 0 aliphatic carbocycles. The minimum absolute atomic E-state index is 0.263. The van der Waals surface area contributed by atoms with E-state index in [0.29, 0.717) is 6.54 Å². The Morgan fingerprint density at radius 3 is 2.89 bits per heavy atom. The van der Waals surface area contributed by atoms with Crippen LogP contribution >= 0.6 is 38.6 Å². The molecule has 0 spiro atoms. The van der Waals surface area contributed by atoms with Gasteiger partial charge in [0.25, 0.3) is 0 Å². The molecular formula is C12H12BrNO2S2. The zero-order valence-electron chi connectivity index (χ0n) is 9.68. The van der Waals surface area contributed by atoms with Gasteiger partial charge in [0.15, 0.2) is 0 Å². The van der Waals surface area contributed by atoms with Gasteiger partial charge in [-0.1, -0.05) is 6.07 Å². The summed E-state index contributed by atoms with van der Waals surface area (Å²) in [5, 5.41) is 5.25. The van der Waals surface area contributed by atoms with E-state index in [1.54, 1.807) is 11.3 Å². The van der Waals surface area contributed by atoms with Crippen LogP contribution in [0.3, 0.4) is 0 Å². The Morgan fingerprint density at radius 2 is 2.33 bits per heavy atom. The normalized spacial score (nSPS) is 12.3. The predicted molar refractivity (Wildman–Crippen MR) is 77.9 cm³/mol. The van der Waals surface area contributed by atoms with Crippen LogP contribution < -0.4 is 5.32 Å². The zero-order valence-corrected chi connectivity index (χ0v) is 12.9. The van der Waals surface area contributed by atoms with Crippen LogP contribution in [0.4, 0.5) is 0 Å². The van der Waals surface area contributed by atoms with Crippen LogP contribution in [0.5, 0.6) is 0 Å². The van der Waals surface area contributed by atoms with Crippen LogP contribution in [-0.4, -0.2) is 13.1 Å². The van der Waals surface area contributed by atoms with Crippen molar-refractivity contribution in [2.75, 3.05) is 7.11 Å². The van der Waals surface area contributed by atoms with E-state index in [-0.39, 0.29) is 5.97 Å². The van der Waals surface area contributed by atoms with Crippen LogP contribution in [0.15, 0.2) is 33.4 Å². The number of ether oxygens (including phenoxy) is 1. The third kappa shape index (κ3) is 3.41. The van der Waals surface area contributed by atoms with E-state index in [1.165, 1.54) is 23.3 Å². The Morgan fingerprint density at radius 1 is 1.50 bits per heavy atom. The lowest BCUT2D eigenvalue weighted by atomic mass is 10.2. The molecule has 0 fully saturated rings. The molecule has 2 aromatic heterocycles. The first-order valence-corrected chi connectivity index (χ1v) is 7.78. The molecule has 0 bridgehead atoms. The highest BCUT2D eigenvalue weighted by Crippen LogP contribution is 2.28. The molecule has 0 amide bonds. The Balaban J connectivity index is 2.08. The third-order valence-corrected chi connectivity index (χ3v) is 4.94. The maximum Gasteiger partial charge on any atom is 0.328 e. The number of esters is 1. The number of hydrogen-bond donors (Lipinski definition) is 1. The largest absolute Gasteiger partial charge is 0.468 e. The summed E-state index contributed by atoms with van der Waals surface area (Å²) in [7, 11) is 1.41. The van der Waals surface area contributed by atoms with Gasteiger partial charge in [0.2, 0.25) is 0 Å². The number of nitrogens with one attached hydrogen (secondary N) is 1. The molecule has 0 saturated carbocycles. The van der Waals surface area contributed by atoms with Gasteiger partial charge in [-0.05, 0) is 39.5 Å². The van der Waals surface area contributed by atoms with E-state index in [1.807, 2.05) is 29.6 Å². The Bertz CT molecular complexity index is 510. The standard InChI is InChI=1S/C12H12BrNO2S2/c1-16-12(15)11(9-4-5-10(13)18-9)14-7-8-3-2-6-17-8/h2-6,11,14H,7H2,1H3. The Kier molecular flexibility index (Phi) is 4.94. The summed E-state index contributed by atoms with van der Waals surface area (Å²) in [6.07, 6.45) is 0. The number of rotatable bonds is 5. The average Bonchev–Trinajstić information content (AvgIpc) is 3.01. The SMILES string of the molecule is COC(=O)C(NCc1cccs1)c1ccc(Br)s1. The fraction of sp³-hybridized carbons (Fsp3) is 0.250. The Labute approximate surface area is 122 Å². The summed E-state index contributed by atoms with van der Waals surface area (Å²) < 4.78 is 5.84. The molecule has 0 aliphatic heterocycles. The molecule has 0 saturated heterocycles. The van der Waals surface area contributed by atoms with E-state index >= 15 is 0 Å². The van der Waals surface area contributed by atoms with Gasteiger partial charge in [-0.25, -0.2) is 4.79 Å². The summed E-state index contributed by atoms with van der Waals surface area (Å²) in [6.45, 7) is 0.660. The molecule has 2 heterocycles. The smallest absolute Gasteiger partial charge is 0.328 e. The molecule has 96 valence electrons. The molecule has 2 rings (SSSR count). The summed E-state index contributed by atoms with van der Waals surface area (Å²) >= 11 is 6.60. The van der Waals surface area contributed by atoms with Crippen molar-refractivity contribution >= 4 is 44.6 Å². The molecule has 0 radical (unpaired) electrons. The maximum absolute atomic E-state index is 11.8. The summed E-state index contributed by atoms with van der Waals surface area (Å²) in [5.41, 5.74) is 0. The monoisotopic (exact) mass is 345 g/mol. The van der Waals surface area contributed by atoms with Crippen molar-refractivity contribution in [3.8, 4) is 0 Å². The predicted octanol–water partition coefficient (Wildman–Crippen LogP) is 3.58. The fourth-order valence-corrected chi connectivity index (χ4v) is 3.66. The van der Waals surface area contributed by atoms with Crippen molar-refractivity contribution in [2.45, 2.75) is 12.6 Å². The number of methoxy groups -OCH3 is 1. The van der Waals surface area contributed by atoms with Gasteiger partial charge in [0, 0.05) is 16.3 Å². The number of thiophene rings is 2. The lowest BCUT2D eigenvalue weighted by molar-refractivity contribution is -0.143. The lowest BCUT2D eigenvalue weighted by Crippen LogP contribution is -2.28. The summed E-state index contributed by atoms with van der Waals surface area (Å²) in [5.74, 6) is -0.263. The molecule has 1 atom stereocenters. The summed E-state index contributed by atoms with van der Waals surface area (Å²) in [6, 6.07) is 7.49. The van der Waals surface area contributed by atoms with E-state index in [0.717, 1.165) is 8.66 Å². The second-order valence-electron chi connectivity index (χ2n) is 3.56. The number of hydrogen-bond acceptors (Lipinski definition) is 5. The van der Waals surface area contributed by atoms with Crippen molar-refractivity contribution in [3.05, 3.63) is 43.2 Å². The van der Waals surface area contributed by atoms with Gasteiger partial charge < -0.3 is 4.74 Å². The molecule has 3 nitrogen and oxygen atoms in total. The van der Waals surface area contributed by atoms with Crippen LogP contribution in [0, 0.1) is 0 Å². The first-order chi connectivity index (χ1) is 8.70. The van der Waals surface area contributed by atoms with Crippen molar-refractivity contribution in [1.29, 1.82) is 0 Å². The molecule has 6 heteroatoms. The van der Waals surface area contributed by atoms with Gasteiger partial charge in [-0.15, -0.1) is 22.7 Å². The molecule has 1 unspecified atom stereocenters. The fourth-order valence-electron chi connectivity index (χ4n) is 1.52. The first kappa shape index (κ1) is 13.7. The van der Waals surface area contributed by atoms with Crippen LogP contribution in [0.25, 0.3) is 0 Å². The minimum atomic E-state index is -0.409. The van der Waals surface area contributed by atoms with Crippen molar-refractivity contribution in [3.63, 3.8) is 0 Å². The highest BCUT2D eigenvalue weighted by molar-refractivity contribution is 9.11. The number of carbonyl (C=O) groups excluding carboxylic acids is 1. The first-order valence-electron chi connectivity index (χ1n) is 5.29. The van der Waals surface area contributed by atoms with E-state index in [4.69, 9.17) is 4.74 Å². The highest BCUT2D eigenvalue weighted by atomic mass is 79.9. The molecular weight excluding hydrogens is 334 g/mol. The summed E-state index contributed by atoms with van der Waals surface area (Å²) in [4.78, 5) is 13.9. The molecule has 1 N–H and O–H groups in total. The number of halogens is 1. The highest BCUT2D eigenvalue weighted by Gasteiger charge is 2.22. The minimum Gasteiger partial charge on any atom is -0.468 e. The van der Waals surface area contributed by atoms with Gasteiger partial charge >= 0.3 is 5.97 Å². The Hall–Kier alpha value is -0.690. The van der Waals surface area contributed by atoms with Crippen LogP contribution in [0.2, 0.25) is 0 Å². The van der Waals surface area contributed by atoms with Crippen molar-refractivity contribution in [1.82, 2.24) is 5.32 Å².